The van der Waals surface area contributed by atoms with Crippen LogP contribution in [0.5, 0.6) is 0 Å². The van der Waals surface area contributed by atoms with Gasteiger partial charge < -0.3 is 10.2 Å². The number of likely N-dealkylation sites (tertiary alicyclic amines) is 1. The first-order valence-corrected chi connectivity index (χ1v) is 10.1. The van der Waals surface area contributed by atoms with E-state index in [-0.39, 0.29) is 29.1 Å². The second kappa shape index (κ2) is 7.93. The summed E-state index contributed by atoms with van der Waals surface area (Å²) < 4.78 is 27.0. The number of nitrogens with one attached hydrogen (secondary N) is 1. The Morgan fingerprint density at radius 3 is 2.28 bits per heavy atom. The smallest absolute Gasteiger partial charge is 0.256 e. The molecule has 0 unspecified atom stereocenters. The summed E-state index contributed by atoms with van der Waals surface area (Å²) >= 11 is 0. The van der Waals surface area contributed by atoms with Crippen molar-refractivity contribution in [3.63, 3.8) is 0 Å². The van der Waals surface area contributed by atoms with E-state index in [0.29, 0.717) is 19.6 Å². The van der Waals surface area contributed by atoms with Crippen LogP contribution in [0.1, 0.15) is 41.6 Å². The predicted molar refractivity (Wildman–Crippen MR) is 105 cm³/mol. The van der Waals surface area contributed by atoms with Gasteiger partial charge in [-0.15, -0.1) is 0 Å². The van der Waals surface area contributed by atoms with Gasteiger partial charge in [0.25, 0.3) is 5.91 Å². The first-order valence-electron chi connectivity index (χ1n) is 10.1. The van der Waals surface area contributed by atoms with E-state index in [1.807, 2.05) is 0 Å². The van der Waals surface area contributed by atoms with Gasteiger partial charge in [-0.1, -0.05) is 24.3 Å². The van der Waals surface area contributed by atoms with Crippen molar-refractivity contribution in [1.82, 2.24) is 10.2 Å². The van der Waals surface area contributed by atoms with Crippen LogP contribution < -0.4 is 5.32 Å². The van der Waals surface area contributed by atoms with Gasteiger partial charge in [0.1, 0.15) is 11.6 Å². The Hall–Kier alpha value is -2.76. The monoisotopic (exact) mass is 398 g/mol. The molecular weight excluding hydrogens is 374 g/mol. The van der Waals surface area contributed by atoms with Gasteiger partial charge in [0.15, 0.2) is 0 Å². The van der Waals surface area contributed by atoms with Crippen LogP contribution >= 0.6 is 0 Å². The summed E-state index contributed by atoms with van der Waals surface area (Å²) in [4.78, 5) is 26.9. The Balaban J connectivity index is 1.28. The first-order chi connectivity index (χ1) is 14.0. The minimum Gasteiger partial charge on any atom is -0.355 e. The van der Waals surface area contributed by atoms with E-state index in [1.54, 1.807) is 29.2 Å². The maximum absolute atomic E-state index is 13.8. The number of halogens is 2. The van der Waals surface area contributed by atoms with E-state index in [4.69, 9.17) is 0 Å². The lowest BCUT2D eigenvalue weighted by Crippen LogP contribution is -2.43. The van der Waals surface area contributed by atoms with Gasteiger partial charge in [0.05, 0.1) is 11.0 Å². The standard InChI is InChI=1S/C23H24F2N2O2/c24-18-7-5-17(6-8-18)23(11-12-23)22(29)26-15-16-9-13-27(14-10-16)21(28)19-3-1-2-4-20(19)25/h1-8,16H,9-15H2,(H,26,29). The van der Waals surface area contributed by atoms with Gasteiger partial charge in [-0.2, -0.15) is 0 Å². The average Bonchev–Trinajstić information content (AvgIpc) is 3.55. The third-order valence-electron chi connectivity index (χ3n) is 6.14. The zero-order valence-electron chi connectivity index (χ0n) is 16.2. The average molecular weight is 398 g/mol. The molecule has 4 nitrogen and oxygen atoms in total. The number of carbonyl (C=O) groups excluding carboxylic acids is 2. The topological polar surface area (TPSA) is 49.4 Å². The molecule has 2 aromatic carbocycles. The zero-order chi connectivity index (χ0) is 20.4. The van der Waals surface area contributed by atoms with Crippen LogP contribution in [-0.4, -0.2) is 36.3 Å². The van der Waals surface area contributed by atoms with Crippen LogP contribution in [0.4, 0.5) is 8.78 Å². The molecule has 29 heavy (non-hydrogen) atoms. The largest absolute Gasteiger partial charge is 0.355 e. The maximum atomic E-state index is 13.8. The second-order valence-corrected chi connectivity index (χ2v) is 8.01. The summed E-state index contributed by atoms with van der Waals surface area (Å²) in [6.45, 7) is 1.66. The molecule has 6 heteroatoms. The third-order valence-corrected chi connectivity index (χ3v) is 6.14. The number of piperidine rings is 1. The van der Waals surface area contributed by atoms with Crippen molar-refractivity contribution in [1.29, 1.82) is 0 Å². The number of nitrogens with zero attached hydrogens (tertiary/aromatic N) is 1. The lowest BCUT2D eigenvalue weighted by molar-refractivity contribution is -0.123. The molecule has 0 atom stereocenters. The quantitative estimate of drug-likeness (QED) is 0.836. The van der Waals surface area contributed by atoms with E-state index >= 15 is 0 Å². The van der Waals surface area contributed by atoms with Crippen molar-refractivity contribution >= 4 is 11.8 Å². The van der Waals surface area contributed by atoms with E-state index in [9.17, 15) is 18.4 Å². The Morgan fingerprint density at radius 2 is 1.66 bits per heavy atom. The van der Waals surface area contributed by atoms with Gasteiger partial charge in [-0.05, 0) is 61.4 Å². The molecule has 1 aliphatic carbocycles. The van der Waals surface area contributed by atoms with E-state index in [1.165, 1.54) is 24.3 Å². The minimum absolute atomic E-state index is 0.00558. The van der Waals surface area contributed by atoms with Crippen LogP contribution in [0.3, 0.4) is 0 Å². The third kappa shape index (κ3) is 4.02. The van der Waals surface area contributed by atoms with Gasteiger partial charge in [-0.3, -0.25) is 9.59 Å². The molecule has 1 heterocycles. The van der Waals surface area contributed by atoms with Gasteiger partial charge in [-0.25, -0.2) is 8.78 Å². The van der Waals surface area contributed by atoms with Crippen LogP contribution in [0.15, 0.2) is 48.5 Å². The van der Waals surface area contributed by atoms with E-state index in [0.717, 1.165) is 31.2 Å². The molecule has 4 rings (SSSR count). The molecule has 2 fully saturated rings. The normalized spacial score (nSPS) is 18.3. The molecule has 2 amide bonds. The van der Waals surface area contributed by atoms with E-state index < -0.39 is 11.2 Å². The highest BCUT2D eigenvalue weighted by atomic mass is 19.1. The summed E-state index contributed by atoms with van der Waals surface area (Å²) in [6, 6.07) is 12.2. The Kier molecular flexibility index (Phi) is 5.35. The molecule has 1 saturated carbocycles. The summed E-state index contributed by atoms with van der Waals surface area (Å²) in [6.07, 6.45) is 3.09. The van der Waals surface area contributed by atoms with Crippen molar-refractivity contribution in [2.75, 3.05) is 19.6 Å². The van der Waals surface area contributed by atoms with Crippen molar-refractivity contribution in [3.8, 4) is 0 Å². The Labute approximate surface area is 168 Å². The minimum atomic E-state index is -0.519. The molecule has 1 aliphatic heterocycles. The number of benzene rings is 2. The molecule has 1 saturated heterocycles. The highest BCUT2D eigenvalue weighted by Gasteiger charge is 2.51. The van der Waals surface area contributed by atoms with E-state index in [2.05, 4.69) is 5.32 Å². The van der Waals surface area contributed by atoms with Crippen LogP contribution in [0, 0.1) is 17.6 Å². The van der Waals surface area contributed by atoms with Crippen LogP contribution in [-0.2, 0) is 10.2 Å². The second-order valence-electron chi connectivity index (χ2n) is 8.01. The van der Waals surface area contributed by atoms with Crippen molar-refractivity contribution in [3.05, 3.63) is 71.3 Å². The summed E-state index contributed by atoms with van der Waals surface area (Å²) in [7, 11) is 0. The number of rotatable bonds is 5. The zero-order valence-corrected chi connectivity index (χ0v) is 16.2. The molecule has 2 aromatic rings. The fraction of sp³-hybridized carbons (Fsp3) is 0.391. The molecule has 0 spiro atoms. The molecule has 0 radical (unpaired) electrons. The van der Waals surface area contributed by atoms with Crippen molar-refractivity contribution in [2.24, 2.45) is 5.92 Å². The predicted octanol–water partition coefficient (Wildman–Crippen LogP) is 3.67. The number of amides is 2. The summed E-state index contributed by atoms with van der Waals surface area (Å²) in [5, 5.41) is 3.06. The Bertz CT molecular complexity index is 901. The van der Waals surface area contributed by atoms with Gasteiger partial charge in [0, 0.05) is 19.6 Å². The van der Waals surface area contributed by atoms with Crippen LogP contribution in [0.25, 0.3) is 0 Å². The number of hydrogen-bond donors (Lipinski definition) is 1. The van der Waals surface area contributed by atoms with Crippen LogP contribution in [0.2, 0.25) is 0 Å². The fourth-order valence-electron chi connectivity index (χ4n) is 4.09. The number of hydrogen-bond acceptors (Lipinski definition) is 2. The molecule has 0 bridgehead atoms. The first kappa shape index (κ1) is 19.6. The fourth-order valence-corrected chi connectivity index (χ4v) is 4.09. The van der Waals surface area contributed by atoms with Crippen molar-refractivity contribution in [2.45, 2.75) is 31.1 Å². The molecule has 1 N–H and O–H groups in total. The summed E-state index contributed by atoms with van der Waals surface area (Å²) in [5.41, 5.74) is 0.450. The van der Waals surface area contributed by atoms with Gasteiger partial charge >= 0.3 is 0 Å². The highest BCUT2D eigenvalue weighted by Crippen LogP contribution is 2.48. The lowest BCUT2D eigenvalue weighted by Gasteiger charge is -2.32. The lowest BCUT2D eigenvalue weighted by atomic mass is 9.93. The molecule has 2 aliphatic rings. The van der Waals surface area contributed by atoms with Crippen molar-refractivity contribution < 1.29 is 18.4 Å². The van der Waals surface area contributed by atoms with Gasteiger partial charge in [0.2, 0.25) is 5.91 Å². The molecule has 0 aromatic heterocycles. The molecule has 152 valence electrons. The maximum Gasteiger partial charge on any atom is 0.256 e. The summed E-state index contributed by atoms with van der Waals surface area (Å²) in [5.74, 6) is -0.801. The highest BCUT2D eigenvalue weighted by molar-refractivity contribution is 5.94. The Morgan fingerprint density at radius 1 is 1.00 bits per heavy atom. The number of carbonyl (C=O) groups is 2. The molecular formula is C23H24F2N2O2. The SMILES string of the molecule is O=C(c1ccccc1F)N1CCC(CNC(=O)C2(c3ccc(F)cc3)CC2)CC1.